The zero-order valence-electron chi connectivity index (χ0n) is 11.0. The predicted molar refractivity (Wildman–Crippen MR) is 65.5 cm³/mol. The Balaban J connectivity index is 3.79. The Labute approximate surface area is 94.7 Å². The smallest absolute Gasteiger partial charge is 0.0679 e. The zero-order valence-corrected chi connectivity index (χ0v) is 11.0. The molecule has 0 bridgehead atoms. The maximum Gasteiger partial charge on any atom is 0.0679 e. The van der Waals surface area contributed by atoms with E-state index < -0.39 is 0 Å². The SMILES string of the molecule is CCCONC(C)(C)CC(N)CC(C)C. The van der Waals surface area contributed by atoms with Crippen LogP contribution in [-0.4, -0.2) is 18.2 Å². The van der Waals surface area contributed by atoms with Crippen LogP contribution in [-0.2, 0) is 4.84 Å². The van der Waals surface area contributed by atoms with Gasteiger partial charge in [0, 0.05) is 11.6 Å². The average molecular weight is 216 g/mol. The maximum atomic E-state index is 6.07. The molecule has 15 heavy (non-hydrogen) atoms. The van der Waals surface area contributed by atoms with Crippen LogP contribution in [0.1, 0.15) is 53.9 Å². The molecule has 92 valence electrons. The van der Waals surface area contributed by atoms with Crippen molar-refractivity contribution >= 4 is 0 Å². The first-order valence-electron chi connectivity index (χ1n) is 6.02. The Bertz CT molecular complexity index is 158. The lowest BCUT2D eigenvalue weighted by molar-refractivity contribution is -0.0165. The van der Waals surface area contributed by atoms with Gasteiger partial charge in [-0.25, -0.2) is 0 Å². The van der Waals surface area contributed by atoms with E-state index in [1.165, 1.54) is 0 Å². The Morgan fingerprint density at radius 1 is 1.33 bits per heavy atom. The van der Waals surface area contributed by atoms with Gasteiger partial charge >= 0.3 is 0 Å². The zero-order chi connectivity index (χ0) is 11.9. The molecule has 0 aromatic heterocycles. The third-order valence-corrected chi connectivity index (χ3v) is 2.20. The molecule has 0 saturated heterocycles. The lowest BCUT2D eigenvalue weighted by atomic mass is 9.92. The van der Waals surface area contributed by atoms with Gasteiger partial charge in [-0.05, 0) is 39.0 Å². The number of hydrogen-bond acceptors (Lipinski definition) is 3. The van der Waals surface area contributed by atoms with Gasteiger partial charge in [0.05, 0.1) is 6.61 Å². The van der Waals surface area contributed by atoms with E-state index in [1.807, 2.05) is 0 Å². The molecular formula is C12H28N2O. The van der Waals surface area contributed by atoms with Crippen molar-refractivity contribution in [3.63, 3.8) is 0 Å². The van der Waals surface area contributed by atoms with Gasteiger partial charge in [-0.15, -0.1) is 0 Å². The van der Waals surface area contributed by atoms with Gasteiger partial charge in [-0.3, -0.25) is 0 Å². The number of hydrogen-bond donors (Lipinski definition) is 2. The summed E-state index contributed by atoms with van der Waals surface area (Å²) >= 11 is 0. The van der Waals surface area contributed by atoms with E-state index in [0.29, 0.717) is 5.92 Å². The summed E-state index contributed by atoms with van der Waals surface area (Å²) in [7, 11) is 0. The molecule has 0 aromatic carbocycles. The van der Waals surface area contributed by atoms with Crippen molar-refractivity contribution in [2.75, 3.05) is 6.61 Å². The molecule has 3 nitrogen and oxygen atoms in total. The minimum absolute atomic E-state index is 0.0382. The van der Waals surface area contributed by atoms with Crippen LogP contribution in [0, 0.1) is 5.92 Å². The van der Waals surface area contributed by atoms with Crippen molar-refractivity contribution in [1.29, 1.82) is 0 Å². The predicted octanol–water partition coefficient (Wildman–Crippen LogP) is 2.46. The highest BCUT2D eigenvalue weighted by Crippen LogP contribution is 2.15. The van der Waals surface area contributed by atoms with Gasteiger partial charge in [0.15, 0.2) is 0 Å². The van der Waals surface area contributed by atoms with Crippen LogP contribution in [0.2, 0.25) is 0 Å². The standard InChI is InChI=1S/C12H28N2O/c1-6-7-15-14-12(4,5)9-11(13)8-10(2)3/h10-11,14H,6-9,13H2,1-5H3. The summed E-state index contributed by atoms with van der Waals surface area (Å²) in [6.45, 7) is 11.5. The molecule has 0 aromatic rings. The molecule has 3 N–H and O–H groups in total. The molecule has 0 rings (SSSR count). The van der Waals surface area contributed by atoms with E-state index in [1.54, 1.807) is 0 Å². The van der Waals surface area contributed by atoms with Crippen LogP contribution in [0.4, 0.5) is 0 Å². The first-order valence-corrected chi connectivity index (χ1v) is 6.02. The third kappa shape index (κ3) is 8.85. The maximum absolute atomic E-state index is 6.07. The second-order valence-corrected chi connectivity index (χ2v) is 5.43. The molecule has 0 heterocycles. The summed E-state index contributed by atoms with van der Waals surface area (Å²) in [6, 6.07) is 0.248. The van der Waals surface area contributed by atoms with Crippen LogP contribution < -0.4 is 11.2 Å². The molecule has 0 aliphatic heterocycles. The van der Waals surface area contributed by atoms with Crippen molar-refractivity contribution in [3.05, 3.63) is 0 Å². The summed E-state index contributed by atoms with van der Waals surface area (Å²) in [4.78, 5) is 5.35. The monoisotopic (exact) mass is 216 g/mol. The van der Waals surface area contributed by atoms with Crippen molar-refractivity contribution in [2.45, 2.75) is 65.5 Å². The van der Waals surface area contributed by atoms with E-state index in [9.17, 15) is 0 Å². The molecular weight excluding hydrogens is 188 g/mol. The molecule has 1 unspecified atom stereocenters. The van der Waals surface area contributed by atoms with E-state index in [4.69, 9.17) is 10.6 Å². The first kappa shape index (κ1) is 14.9. The molecule has 0 radical (unpaired) electrons. The van der Waals surface area contributed by atoms with Crippen LogP contribution >= 0.6 is 0 Å². The quantitative estimate of drug-likeness (QED) is 0.484. The second kappa shape index (κ2) is 7.20. The van der Waals surface area contributed by atoms with E-state index in [-0.39, 0.29) is 11.6 Å². The van der Waals surface area contributed by atoms with Gasteiger partial charge in [0.2, 0.25) is 0 Å². The summed E-state index contributed by atoms with van der Waals surface area (Å²) in [5.74, 6) is 0.660. The number of rotatable bonds is 8. The molecule has 3 heteroatoms. The van der Waals surface area contributed by atoms with Crippen LogP contribution in [0.15, 0.2) is 0 Å². The van der Waals surface area contributed by atoms with Gasteiger partial charge in [0.25, 0.3) is 0 Å². The fraction of sp³-hybridized carbons (Fsp3) is 1.00. The minimum Gasteiger partial charge on any atom is -0.328 e. The highest BCUT2D eigenvalue weighted by Gasteiger charge is 2.21. The number of hydroxylamine groups is 1. The lowest BCUT2D eigenvalue weighted by Gasteiger charge is -2.29. The highest BCUT2D eigenvalue weighted by molar-refractivity contribution is 4.80. The summed E-state index contributed by atoms with van der Waals surface area (Å²) in [5.41, 5.74) is 9.12. The van der Waals surface area contributed by atoms with Gasteiger partial charge in [-0.1, -0.05) is 20.8 Å². The first-order chi connectivity index (χ1) is 6.87. The summed E-state index contributed by atoms with van der Waals surface area (Å²) in [5, 5.41) is 0. The van der Waals surface area contributed by atoms with Gasteiger partial charge in [-0.2, -0.15) is 5.48 Å². The van der Waals surface area contributed by atoms with Crippen molar-refractivity contribution in [1.82, 2.24) is 5.48 Å². The third-order valence-electron chi connectivity index (χ3n) is 2.20. The summed E-state index contributed by atoms with van der Waals surface area (Å²) < 4.78 is 0. The number of nitrogens with two attached hydrogens (primary N) is 1. The Morgan fingerprint density at radius 2 is 1.93 bits per heavy atom. The second-order valence-electron chi connectivity index (χ2n) is 5.43. The topological polar surface area (TPSA) is 47.3 Å². The highest BCUT2D eigenvalue weighted by atomic mass is 16.6. The molecule has 0 aliphatic rings. The number of nitrogens with one attached hydrogen (secondary N) is 1. The summed E-state index contributed by atoms with van der Waals surface area (Å²) in [6.07, 6.45) is 3.04. The fourth-order valence-electron chi connectivity index (χ4n) is 1.73. The molecule has 0 amide bonds. The van der Waals surface area contributed by atoms with Crippen molar-refractivity contribution in [3.8, 4) is 0 Å². The average Bonchev–Trinajstić information content (AvgIpc) is 2.00. The molecule has 0 fully saturated rings. The van der Waals surface area contributed by atoms with E-state index >= 15 is 0 Å². The van der Waals surface area contributed by atoms with Crippen molar-refractivity contribution in [2.24, 2.45) is 11.7 Å². The Hall–Kier alpha value is -0.120. The molecule has 0 saturated carbocycles. The molecule has 0 spiro atoms. The fourth-order valence-corrected chi connectivity index (χ4v) is 1.73. The Kier molecular flexibility index (Phi) is 7.14. The van der Waals surface area contributed by atoms with Crippen LogP contribution in [0.3, 0.4) is 0 Å². The van der Waals surface area contributed by atoms with Crippen LogP contribution in [0.25, 0.3) is 0 Å². The molecule has 1 atom stereocenters. The van der Waals surface area contributed by atoms with Crippen LogP contribution in [0.5, 0.6) is 0 Å². The lowest BCUT2D eigenvalue weighted by Crippen LogP contribution is -2.44. The normalized spacial score (nSPS) is 14.6. The molecule has 0 aliphatic carbocycles. The largest absolute Gasteiger partial charge is 0.328 e. The van der Waals surface area contributed by atoms with Gasteiger partial charge < -0.3 is 10.6 Å². The van der Waals surface area contributed by atoms with E-state index in [0.717, 1.165) is 25.9 Å². The minimum atomic E-state index is -0.0382. The Morgan fingerprint density at radius 3 is 2.40 bits per heavy atom. The van der Waals surface area contributed by atoms with Crippen molar-refractivity contribution < 1.29 is 4.84 Å². The van der Waals surface area contributed by atoms with E-state index in [2.05, 4.69) is 40.1 Å². The van der Waals surface area contributed by atoms with Gasteiger partial charge in [0.1, 0.15) is 0 Å².